The fourth-order valence-electron chi connectivity index (χ4n) is 1.27. The molecule has 0 atom stereocenters. The molecule has 1 aromatic rings. The second-order valence-electron chi connectivity index (χ2n) is 3.37. The maximum absolute atomic E-state index is 12.9. The molecule has 0 saturated carbocycles. The normalized spacial score (nSPS) is 10.1. The van der Waals surface area contributed by atoms with Crippen LogP contribution in [0.2, 0.25) is 0 Å². The minimum atomic E-state index is -0.329. The highest BCUT2D eigenvalue weighted by atomic mass is 79.9. The Hall–Kier alpha value is -1.00. The van der Waals surface area contributed by atoms with Crippen LogP contribution in [0, 0.1) is 5.82 Å². The van der Waals surface area contributed by atoms with Crippen molar-refractivity contribution in [1.82, 2.24) is 5.32 Å². The molecule has 1 N–H and O–H groups in total. The van der Waals surface area contributed by atoms with Crippen molar-refractivity contribution in [2.75, 3.05) is 13.1 Å². The van der Waals surface area contributed by atoms with Crippen LogP contribution in [0.15, 0.2) is 35.3 Å². The molecule has 1 rings (SSSR count). The third-order valence-corrected chi connectivity index (χ3v) is 2.78. The standard InChI is InChI=1S/C12H13BrFNO/c1-2-5-15-8-11(16)7-9-6-10(14)3-4-12(9)13/h2-4,6,15H,1,5,7-8H2. The molecule has 0 unspecified atom stereocenters. The van der Waals surface area contributed by atoms with E-state index in [9.17, 15) is 9.18 Å². The van der Waals surface area contributed by atoms with Crippen molar-refractivity contribution in [3.63, 3.8) is 0 Å². The van der Waals surface area contributed by atoms with Crippen LogP contribution in [-0.4, -0.2) is 18.9 Å². The van der Waals surface area contributed by atoms with Gasteiger partial charge in [0.2, 0.25) is 0 Å². The zero-order chi connectivity index (χ0) is 12.0. The van der Waals surface area contributed by atoms with Gasteiger partial charge in [-0.05, 0) is 23.8 Å². The van der Waals surface area contributed by atoms with Crippen LogP contribution in [0.25, 0.3) is 0 Å². The van der Waals surface area contributed by atoms with Crippen molar-refractivity contribution in [1.29, 1.82) is 0 Å². The molecule has 0 heterocycles. The van der Waals surface area contributed by atoms with Gasteiger partial charge in [0.25, 0.3) is 0 Å². The lowest BCUT2D eigenvalue weighted by Gasteiger charge is -2.04. The highest BCUT2D eigenvalue weighted by molar-refractivity contribution is 9.10. The summed E-state index contributed by atoms with van der Waals surface area (Å²) in [6, 6.07) is 4.33. The molecule has 0 amide bonds. The monoisotopic (exact) mass is 285 g/mol. The number of carbonyl (C=O) groups excluding carboxylic acids is 1. The van der Waals surface area contributed by atoms with E-state index < -0.39 is 0 Å². The Bertz CT molecular complexity index is 393. The van der Waals surface area contributed by atoms with Gasteiger partial charge in [-0.3, -0.25) is 4.79 Å². The Morgan fingerprint density at radius 2 is 2.31 bits per heavy atom. The molecule has 16 heavy (non-hydrogen) atoms. The molecule has 0 radical (unpaired) electrons. The summed E-state index contributed by atoms with van der Waals surface area (Å²) in [5, 5.41) is 2.91. The van der Waals surface area contributed by atoms with E-state index in [4.69, 9.17) is 0 Å². The maximum atomic E-state index is 12.9. The third-order valence-electron chi connectivity index (χ3n) is 2.01. The minimum absolute atomic E-state index is 0.0214. The molecule has 0 aromatic heterocycles. The molecule has 0 fully saturated rings. The Morgan fingerprint density at radius 1 is 1.56 bits per heavy atom. The van der Waals surface area contributed by atoms with Crippen LogP contribution in [0.1, 0.15) is 5.56 Å². The first kappa shape index (κ1) is 13.1. The van der Waals surface area contributed by atoms with Crippen molar-refractivity contribution in [3.05, 3.63) is 46.7 Å². The van der Waals surface area contributed by atoms with Crippen molar-refractivity contribution in [2.45, 2.75) is 6.42 Å². The lowest BCUT2D eigenvalue weighted by Crippen LogP contribution is -2.24. The molecule has 0 aliphatic carbocycles. The van der Waals surface area contributed by atoms with Crippen molar-refractivity contribution >= 4 is 21.7 Å². The fourth-order valence-corrected chi connectivity index (χ4v) is 1.65. The van der Waals surface area contributed by atoms with Gasteiger partial charge < -0.3 is 5.32 Å². The Labute approximate surface area is 103 Å². The summed E-state index contributed by atoms with van der Waals surface area (Å²) in [5.74, 6) is -0.307. The maximum Gasteiger partial charge on any atom is 0.151 e. The van der Waals surface area contributed by atoms with Gasteiger partial charge in [-0.15, -0.1) is 6.58 Å². The van der Waals surface area contributed by atoms with Crippen molar-refractivity contribution in [2.24, 2.45) is 0 Å². The summed E-state index contributed by atoms with van der Waals surface area (Å²) in [4.78, 5) is 11.5. The quantitative estimate of drug-likeness (QED) is 0.643. The van der Waals surface area contributed by atoms with Crippen molar-refractivity contribution < 1.29 is 9.18 Å². The summed E-state index contributed by atoms with van der Waals surface area (Å²) in [6.07, 6.45) is 1.91. The molecule has 0 spiro atoms. The predicted octanol–water partition coefficient (Wildman–Crippen LogP) is 2.48. The number of hydrogen-bond acceptors (Lipinski definition) is 2. The zero-order valence-corrected chi connectivity index (χ0v) is 10.4. The van der Waals surface area contributed by atoms with Gasteiger partial charge in [0.1, 0.15) is 5.82 Å². The van der Waals surface area contributed by atoms with E-state index in [0.717, 1.165) is 4.47 Å². The first-order valence-corrected chi connectivity index (χ1v) is 5.70. The second kappa shape index (κ2) is 6.55. The van der Waals surface area contributed by atoms with E-state index in [1.54, 1.807) is 12.1 Å². The van der Waals surface area contributed by atoms with Gasteiger partial charge in [0, 0.05) is 17.4 Å². The Kier molecular flexibility index (Phi) is 5.35. The van der Waals surface area contributed by atoms with E-state index in [1.807, 2.05) is 0 Å². The van der Waals surface area contributed by atoms with Gasteiger partial charge in [0.15, 0.2) is 5.78 Å². The highest BCUT2D eigenvalue weighted by Gasteiger charge is 2.07. The average molecular weight is 286 g/mol. The molecule has 2 nitrogen and oxygen atoms in total. The lowest BCUT2D eigenvalue weighted by molar-refractivity contribution is -0.117. The van der Waals surface area contributed by atoms with Gasteiger partial charge in [-0.25, -0.2) is 4.39 Å². The summed E-state index contributed by atoms with van der Waals surface area (Å²) in [7, 11) is 0. The number of rotatable bonds is 6. The summed E-state index contributed by atoms with van der Waals surface area (Å²) in [5.41, 5.74) is 0.672. The van der Waals surface area contributed by atoms with Gasteiger partial charge in [0.05, 0.1) is 6.54 Å². The van der Waals surface area contributed by atoms with E-state index in [2.05, 4.69) is 27.8 Å². The van der Waals surface area contributed by atoms with Gasteiger partial charge in [-0.1, -0.05) is 22.0 Å². The number of hydrogen-bond donors (Lipinski definition) is 1. The summed E-state index contributed by atoms with van der Waals surface area (Å²) in [6.45, 7) is 4.40. The predicted molar refractivity (Wildman–Crippen MR) is 65.9 cm³/mol. The van der Waals surface area contributed by atoms with Crippen LogP contribution in [-0.2, 0) is 11.2 Å². The molecule has 0 saturated heterocycles. The number of carbonyl (C=O) groups is 1. The average Bonchev–Trinajstić information content (AvgIpc) is 2.24. The van der Waals surface area contributed by atoms with Crippen LogP contribution < -0.4 is 5.32 Å². The highest BCUT2D eigenvalue weighted by Crippen LogP contribution is 2.18. The largest absolute Gasteiger partial charge is 0.307 e. The molecular formula is C12H13BrFNO. The van der Waals surface area contributed by atoms with Gasteiger partial charge in [-0.2, -0.15) is 0 Å². The number of halogens is 2. The number of nitrogens with one attached hydrogen (secondary N) is 1. The number of benzene rings is 1. The molecule has 0 aliphatic heterocycles. The van der Waals surface area contributed by atoms with E-state index in [1.165, 1.54) is 12.1 Å². The first-order valence-electron chi connectivity index (χ1n) is 4.90. The molecule has 0 bridgehead atoms. The SMILES string of the molecule is C=CCNCC(=O)Cc1cc(F)ccc1Br. The first-order chi connectivity index (χ1) is 7.63. The zero-order valence-electron chi connectivity index (χ0n) is 8.80. The Morgan fingerprint density at radius 3 is 3.00 bits per heavy atom. The Balaban J connectivity index is 2.55. The molecule has 1 aromatic carbocycles. The topological polar surface area (TPSA) is 29.1 Å². The second-order valence-corrected chi connectivity index (χ2v) is 4.23. The summed E-state index contributed by atoms with van der Waals surface area (Å²) >= 11 is 3.29. The van der Waals surface area contributed by atoms with Crippen molar-refractivity contribution in [3.8, 4) is 0 Å². The van der Waals surface area contributed by atoms with E-state index in [-0.39, 0.29) is 24.6 Å². The smallest absolute Gasteiger partial charge is 0.151 e. The van der Waals surface area contributed by atoms with Gasteiger partial charge >= 0.3 is 0 Å². The van der Waals surface area contributed by atoms with Crippen LogP contribution in [0.5, 0.6) is 0 Å². The van der Waals surface area contributed by atoms with Crippen LogP contribution in [0.4, 0.5) is 4.39 Å². The van der Waals surface area contributed by atoms with Crippen LogP contribution in [0.3, 0.4) is 0 Å². The van der Waals surface area contributed by atoms with Crippen LogP contribution >= 0.6 is 15.9 Å². The fraction of sp³-hybridized carbons (Fsp3) is 0.250. The lowest BCUT2D eigenvalue weighted by atomic mass is 10.1. The molecular weight excluding hydrogens is 273 g/mol. The van der Waals surface area contributed by atoms with E-state index >= 15 is 0 Å². The molecule has 86 valence electrons. The number of Topliss-reactive ketones (excluding diaryl/α,β-unsaturated/α-hetero) is 1. The third kappa shape index (κ3) is 4.24. The molecule has 4 heteroatoms. The summed E-state index contributed by atoms with van der Waals surface area (Å²) < 4.78 is 13.7. The minimum Gasteiger partial charge on any atom is -0.307 e. The molecule has 0 aliphatic rings. The number of ketones is 1. The van der Waals surface area contributed by atoms with E-state index in [0.29, 0.717) is 12.1 Å².